The van der Waals surface area contributed by atoms with E-state index >= 15 is 0 Å². The Morgan fingerprint density at radius 2 is 1.67 bits per heavy atom. The van der Waals surface area contributed by atoms with Gasteiger partial charge < -0.3 is 15.1 Å². The fourth-order valence-electron chi connectivity index (χ4n) is 2.43. The molecule has 2 N–H and O–H groups in total. The van der Waals surface area contributed by atoms with Gasteiger partial charge in [0.2, 0.25) is 0 Å². The lowest BCUT2D eigenvalue weighted by Gasteiger charge is -2.17. The third-order valence-electron chi connectivity index (χ3n) is 3.80. The first kappa shape index (κ1) is 15.3. The number of nitrogens with zero attached hydrogens (tertiary/aromatic N) is 1. The van der Waals surface area contributed by atoms with Crippen LogP contribution in [0.15, 0.2) is 28.7 Å². The third-order valence-corrected chi connectivity index (χ3v) is 3.80. The maximum Gasteiger partial charge on any atom is 0.257 e. The van der Waals surface area contributed by atoms with E-state index in [1.54, 1.807) is 11.9 Å². The first-order chi connectivity index (χ1) is 9.93. The number of rotatable bonds is 4. The smallest absolute Gasteiger partial charge is 0.257 e. The molecule has 112 valence electrons. The molecule has 0 aliphatic heterocycles. The van der Waals surface area contributed by atoms with Gasteiger partial charge in [0.05, 0.1) is 5.56 Å². The molecule has 4 nitrogen and oxygen atoms in total. The molecule has 0 bridgehead atoms. The van der Waals surface area contributed by atoms with Gasteiger partial charge in [0.15, 0.2) is 0 Å². The summed E-state index contributed by atoms with van der Waals surface area (Å²) in [6, 6.07) is 8.00. The van der Waals surface area contributed by atoms with E-state index in [2.05, 4.69) is 0 Å². The van der Waals surface area contributed by atoms with E-state index in [1.165, 1.54) is 0 Å². The summed E-state index contributed by atoms with van der Waals surface area (Å²) in [4.78, 5) is 14.3. The lowest BCUT2D eigenvalue weighted by molar-refractivity contribution is 0.0782. The van der Waals surface area contributed by atoms with Crippen LogP contribution < -0.4 is 5.73 Å². The van der Waals surface area contributed by atoms with Crippen molar-refractivity contribution in [3.63, 3.8) is 0 Å². The van der Waals surface area contributed by atoms with E-state index in [0.717, 1.165) is 22.5 Å². The minimum atomic E-state index is -0.00949. The summed E-state index contributed by atoms with van der Waals surface area (Å²) in [5.74, 6) is 1.47. The minimum Gasteiger partial charge on any atom is -0.466 e. The highest BCUT2D eigenvalue weighted by Gasteiger charge is 2.21. The molecule has 0 aliphatic carbocycles. The molecular weight excluding hydrogens is 264 g/mol. The normalized spacial score (nSPS) is 10.7. The van der Waals surface area contributed by atoms with Crippen LogP contribution in [0.5, 0.6) is 0 Å². The van der Waals surface area contributed by atoms with Crippen molar-refractivity contribution in [1.29, 1.82) is 0 Å². The SMILES string of the molecule is Cc1oc(C)c(C(=O)N(C)Cc2ccc(CN)cc2)c1C. The number of furan rings is 1. The van der Waals surface area contributed by atoms with Gasteiger partial charge in [0.25, 0.3) is 5.91 Å². The summed E-state index contributed by atoms with van der Waals surface area (Å²) < 4.78 is 5.54. The largest absolute Gasteiger partial charge is 0.466 e. The van der Waals surface area contributed by atoms with Crippen molar-refractivity contribution in [2.24, 2.45) is 5.73 Å². The van der Waals surface area contributed by atoms with Crippen molar-refractivity contribution >= 4 is 5.91 Å². The molecule has 4 heteroatoms. The zero-order valence-corrected chi connectivity index (χ0v) is 13.1. The van der Waals surface area contributed by atoms with Gasteiger partial charge in [0, 0.05) is 25.7 Å². The second kappa shape index (κ2) is 6.14. The number of hydrogen-bond donors (Lipinski definition) is 1. The van der Waals surface area contributed by atoms with Gasteiger partial charge in [-0.25, -0.2) is 0 Å². The summed E-state index contributed by atoms with van der Waals surface area (Å²) in [7, 11) is 1.81. The standard InChI is InChI=1S/C17H22N2O2/c1-11-12(2)21-13(3)16(11)17(20)19(4)10-15-7-5-14(9-18)6-8-15/h5-8H,9-10,18H2,1-4H3. The summed E-state index contributed by atoms with van der Waals surface area (Å²) in [5.41, 5.74) is 9.35. The number of hydrogen-bond acceptors (Lipinski definition) is 3. The molecule has 2 aromatic rings. The Kier molecular flexibility index (Phi) is 4.48. The van der Waals surface area contributed by atoms with E-state index in [1.807, 2.05) is 45.0 Å². The second-order valence-corrected chi connectivity index (χ2v) is 5.40. The Morgan fingerprint density at radius 3 is 2.14 bits per heavy atom. The average Bonchev–Trinajstić information content (AvgIpc) is 2.72. The molecule has 1 aromatic heterocycles. The lowest BCUT2D eigenvalue weighted by atomic mass is 10.1. The fourth-order valence-corrected chi connectivity index (χ4v) is 2.43. The van der Waals surface area contributed by atoms with Gasteiger partial charge >= 0.3 is 0 Å². The van der Waals surface area contributed by atoms with E-state index in [9.17, 15) is 4.79 Å². The molecule has 0 radical (unpaired) electrons. The van der Waals surface area contributed by atoms with Crippen LogP contribution in [0.2, 0.25) is 0 Å². The fraction of sp³-hybridized carbons (Fsp3) is 0.353. The molecule has 2 rings (SSSR count). The quantitative estimate of drug-likeness (QED) is 0.940. The molecule has 1 amide bonds. The van der Waals surface area contributed by atoms with Gasteiger partial charge in [-0.2, -0.15) is 0 Å². The summed E-state index contributed by atoms with van der Waals surface area (Å²) in [5, 5.41) is 0. The van der Waals surface area contributed by atoms with Crippen molar-refractivity contribution in [2.75, 3.05) is 7.05 Å². The monoisotopic (exact) mass is 286 g/mol. The first-order valence-corrected chi connectivity index (χ1v) is 7.04. The predicted octanol–water partition coefficient (Wildman–Crippen LogP) is 2.94. The van der Waals surface area contributed by atoms with E-state index < -0.39 is 0 Å². The van der Waals surface area contributed by atoms with Gasteiger partial charge in [-0.15, -0.1) is 0 Å². The van der Waals surface area contributed by atoms with E-state index in [4.69, 9.17) is 10.2 Å². The maximum atomic E-state index is 12.6. The summed E-state index contributed by atoms with van der Waals surface area (Å²) >= 11 is 0. The molecule has 1 heterocycles. The topological polar surface area (TPSA) is 59.5 Å². The predicted molar refractivity (Wildman–Crippen MR) is 83.0 cm³/mol. The zero-order chi connectivity index (χ0) is 15.6. The Morgan fingerprint density at radius 1 is 1.10 bits per heavy atom. The van der Waals surface area contributed by atoms with E-state index in [-0.39, 0.29) is 5.91 Å². The van der Waals surface area contributed by atoms with Crippen LogP contribution in [0.1, 0.15) is 38.6 Å². The molecule has 0 fully saturated rings. The van der Waals surface area contributed by atoms with Crippen LogP contribution in [0, 0.1) is 20.8 Å². The van der Waals surface area contributed by atoms with Crippen molar-refractivity contribution in [1.82, 2.24) is 4.90 Å². The van der Waals surface area contributed by atoms with E-state index in [0.29, 0.717) is 24.4 Å². The number of amides is 1. The Balaban J connectivity index is 2.15. The molecule has 0 spiro atoms. The molecule has 0 atom stereocenters. The summed E-state index contributed by atoms with van der Waals surface area (Å²) in [6.45, 7) is 6.72. The number of carbonyl (C=O) groups excluding carboxylic acids is 1. The van der Waals surface area contributed by atoms with Crippen LogP contribution in [0.4, 0.5) is 0 Å². The highest BCUT2D eigenvalue weighted by molar-refractivity contribution is 5.96. The Bertz CT molecular complexity index is 642. The van der Waals surface area contributed by atoms with Crippen LogP contribution in [0.3, 0.4) is 0 Å². The first-order valence-electron chi connectivity index (χ1n) is 7.04. The Labute approximate surface area is 125 Å². The molecule has 1 aromatic carbocycles. The van der Waals surface area contributed by atoms with Crippen molar-refractivity contribution in [3.8, 4) is 0 Å². The van der Waals surface area contributed by atoms with Gasteiger partial charge in [0.1, 0.15) is 11.5 Å². The lowest BCUT2D eigenvalue weighted by Crippen LogP contribution is -2.27. The highest BCUT2D eigenvalue weighted by Crippen LogP contribution is 2.22. The van der Waals surface area contributed by atoms with Gasteiger partial charge in [-0.05, 0) is 31.9 Å². The third kappa shape index (κ3) is 3.16. The number of aryl methyl sites for hydroxylation is 2. The van der Waals surface area contributed by atoms with Crippen LogP contribution >= 0.6 is 0 Å². The van der Waals surface area contributed by atoms with Crippen molar-refractivity contribution in [2.45, 2.75) is 33.9 Å². The molecule has 21 heavy (non-hydrogen) atoms. The highest BCUT2D eigenvalue weighted by atomic mass is 16.3. The molecular formula is C17H22N2O2. The molecule has 0 unspecified atom stereocenters. The maximum absolute atomic E-state index is 12.6. The molecule has 0 saturated heterocycles. The summed E-state index contributed by atoms with van der Waals surface area (Å²) in [6.07, 6.45) is 0. The van der Waals surface area contributed by atoms with Gasteiger partial charge in [-0.1, -0.05) is 24.3 Å². The Hall–Kier alpha value is -2.07. The minimum absolute atomic E-state index is 0.00949. The van der Waals surface area contributed by atoms with Gasteiger partial charge in [-0.3, -0.25) is 4.79 Å². The second-order valence-electron chi connectivity index (χ2n) is 5.40. The number of carbonyl (C=O) groups is 1. The molecule has 0 saturated carbocycles. The van der Waals surface area contributed by atoms with Crippen LogP contribution in [-0.2, 0) is 13.1 Å². The van der Waals surface area contributed by atoms with Crippen molar-refractivity contribution in [3.05, 3.63) is 58.0 Å². The molecule has 0 aliphatic rings. The zero-order valence-electron chi connectivity index (χ0n) is 13.1. The van der Waals surface area contributed by atoms with Crippen LogP contribution in [0.25, 0.3) is 0 Å². The average molecular weight is 286 g/mol. The number of benzene rings is 1. The van der Waals surface area contributed by atoms with Crippen molar-refractivity contribution < 1.29 is 9.21 Å². The number of nitrogens with two attached hydrogens (primary N) is 1. The van der Waals surface area contributed by atoms with Crippen LogP contribution in [-0.4, -0.2) is 17.9 Å².